The molecule has 2 aromatic heterocycles. The maximum Gasteiger partial charge on any atom is 0.214 e. The largest absolute Gasteiger partial charge is 1.00 e. The van der Waals surface area contributed by atoms with Crippen LogP contribution in [0.2, 0.25) is 0 Å². The zero-order valence-corrected chi connectivity index (χ0v) is 11.9. The van der Waals surface area contributed by atoms with E-state index in [9.17, 15) is 0 Å². The minimum atomic E-state index is 0. The van der Waals surface area contributed by atoms with E-state index in [0.29, 0.717) is 0 Å². The number of hydrogen-bond donors (Lipinski definition) is 0. The number of benzene rings is 2. The van der Waals surface area contributed by atoms with Gasteiger partial charge in [-0.2, -0.15) is 4.40 Å². The van der Waals surface area contributed by atoms with Gasteiger partial charge in [-0.25, -0.2) is 0 Å². The van der Waals surface area contributed by atoms with Gasteiger partial charge in [-0.1, -0.05) is 30.3 Å². The molecule has 0 amide bonds. The third-order valence-corrected chi connectivity index (χ3v) is 3.89. The molecule has 0 saturated heterocycles. The lowest BCUT2D eigenvalue weighted by molar-refractivity contribution is -0.510. The monoisotopic (exact) mass is 279 g/mol. The van der Waals surface area contributed by atoms with Gasteiger partial charge in [0, 0.05) is 28.5 Å². The van der Waals surface area contributed by atoms with Crippen molar-refractivity contribution in [3.05, 3.63) is 72.6 Å². The molecule has 0 unspecified atom stereocenters. The SMILES string of the molecule is Cc1c2c(ccc3ccccc32)c[n+]2ccccc12.[Cl-]. The summed E-state index contributed by atoms with van der Waals surface area (Å²) in [5.41, 5.74) is 2.61. The van der Waals surface area contributed by atoms with Crippen LogP contribution in [-0.2, 0) is 0 Å². The summed E-state index contributed by atoms with van der Waals surface area (Å²) >= 11 is 0. The molecule has 98 valence electrons. The van der Waals surface area contributed by atoms with E-state index in [1.165, 1.54) is 32.6 Å². The van der Waals surface area contributed by atoms with Gasteiger partial charge in [0.1, 0.15) is 0 Å². The van der Waals surface area contributed by atoms with Crippen LogP contribution in [0.1, 0.15) is 5.56 Å². The zero-order valence-electron chi connectivity index (χ0n) is 11.2. The highest BCUT2D eigenvalue weighted by Crippen LogP contribution is 2.28. The molecule has 0 N–H and O–H groups in total. The summed E-state index contributed by atoms with van der Waals surface area (Å²) in [4.78, 5) is 0. The van der Waals surface area contributed by atoms with E-state index in [0.717, 1.165) is 0 Å². The Labute approximate surface area is 123 Å². The minimum absolute atomic E-state index is 0. The number of fused-ring (bicyclic) bond motifs is 4. The number of nitrogens with zero attached hydrogens (tertiary/aromatic N) is 1. The van der Waals surface area contributed by atoms with Crippen LogP contribution < -0.4 is 16.8 Å². The molecule has 2 aromatic carbocycles. The van der Waals surface area contributed by atoms with Crippen molar-refractivity contribution in [3.63, 3.8) is 0 Å². The fourth-order valence-corrected chi connectivity index (χ4v) is 2.98. The van der Waals surface area contributed by atoms with Crippen molar-refractivity contribution in [2.75, 3.05) is 0 Å². The van der Waals surface area contributed by atoms with Crippen LogP contribution in [0.15, 0.2) is 67.0 Å². The Balaban J connectivity index is 0.00000121. The second-order valence-electron chi connectivity index (χ2n) is 5.00. The molecule has 4 rings (SSSR count). The Hall–Kier alpha value is -2.12. The van der Waals surface area contributed by atoms with Crippen molar-refractivity contribution in [2.45, 2.75) is 6.92 Å². The standard InChI is InChI=1S/C18H14N.ClH/c1-13-17-8-4-5-11-19(17)12-15-10-9-14-6-2-3-7-16(14)18(13)15;/h2-12H,1H3;1H/q+1;/p-1. The molecule has 4 aromatic rings. The van der Waals surface area contributed by atoms with Crippen molar-refractivity contribution in [3.8, 4) is 0 Å². The number of rotatable bonds is 0. The third-order valence-electron chi connectivity index (χ3n) is 3.89. The molecular weight excluding hydrogens is 266 g/mol. The number of aromatic nitrogens is 1. The maximum absolute atomic E-state index is 2.21. The van der Waals surface area contributed by atoms with Gasteiger partial charge in [0.15, 0.2) is 12.4 Å². The van der Waals surface area contributed by atoms with E-state index in [1.54, 1.807) is 0 Å². The van der Waals surface area contributed by atoms with Crippen LogP contribution in [0.3, 0.4) is 0 Å². The highest BCUT2D eigenvalue weighted by molar-refractivity contribution is 6.09. The van der Waals surface area contributed by atoms with Gasteiger partial charge in [0.2, 0.25) is 5.52 Å². The molecule has 0 saturated carbocycles. The molecule has 0 bridgehead atoms. The van der Waals surface area contributed by atoms with Gasteiger partial charge in [-0.05, 0) is 29.8 Å². The zero-order chi connectivity index (χ0) is 12.8. The summed E-state index contributed by atoms with van der Waals surface area (Å²) in [6.45, 7) is 2.21. The van der Waals surface area contributed by atoms with Crippen molar-refractivity contribution in [1.29, 1.82) is 0 Å². The molecule has 0 spiro atoms. The van der Waals surface area contributed by atoms with Gasteiger partial charge in [-0.15, -0.1) is 0 Å². The van der Waals surface area contributed by atoms with Gasteiger partial charge in [0.25, 0.3) is 0 Å². The Bertz CT molecular complexity index is 928. The molecule has 0 radical (unpaired) electrons. The molecule has 0 aliphatic rings. The Morgan fingerprint density at radius 2 is 1.55 bits per heavy atom. The first-order valence-corrected chi connectivity index (χ1v) is 6.56. The predicted molar refractivity (Wildman–Crippen MR) is 79.4 cm³/mol. The second kappa shape index (κ2) is 4.77. The molecule has 1 nitrogen and oxygen atoms in total. The lowest BCUT2D eigenvalue weighted by atomic mass is 9.99. The van der Waals surface area contributed by atoms with E-state index < -0.39 is 0 Å². The average molecular weight is 280 g/mol. The van der Waals surface area contributed by atoms with Crippen molar-refractivity contribution in [2.24, 2.45) is 0 Å². The third kappa shape index (κ3) is 1.75. The smallest absolute Gasteiger partial charge is 0.214 e. The predicted octanol–water partition coefficient (Wildman–Crippen LogP) is 1.04. The minimum Gasteiger partial charge on any atom is -1.00 e. The van der Waals surface area contributed by atoms with Crippen LogP contribution in [0, 0.1) is 6.92 Å². The summed E-state index contributed by atoms with van der Waals surface area (Å²) in [7, 11) is 0. The Morgan fingerprint density at radius 3 is 2.45 bits per heavy atom. The van der Waals surface area contributed by atoms with Crippen LogP contribution >= 0.6 is 0 Å². The van der Waals surface area contributed by atoms with Crippen molar-refractivity contribution < 1.29 is 16.8 Å². The van der Waals surface area contributed by atoms with Crippen molar-refractivity contribution in [1.82, 2.24) is 0 Å². The first-order valence-electron chi connectivity index (χ1n) is 6.56. The highest BCUT2D eigenvalue weighted by Gasteiger charge is 2.12. The molecule has 2 heteroatoms. The van der Waals surface area contributed by atoms with Crippen LogP contribution in [0.5, 0.6) is 0 Å². The van der Waals surface area contributed by atoms with Crippen LogP contribution in [0.25, 0.3) is 27.1 Å². The Kier molecular flexibility index (Phi) is 3.07. The molecule has 2 heterocycles. The van der Waals surface area contributed by atoms with E-state index in [1.807, 2.05) is 0 Å². The van der Waals surface area contributed by atoms with Gasteiger partial charge in [0.05, 0.1) is 0 Å². The number of aryl methyl sites for hydroxylation is 1. The number of hydrogen-bond acceptors (Lipinski definition) is 0. The topological polar surface area (TPSA) is 4.10 Å². The lowest BCUT2D eigenvalue weighted by Gasteiger charge is -2.06. The van der Waals surface area contributed by atoms with E-state index >= 15 is 0 Å². The summed E-state index contributed by atoms with van der Waals surface area (Å²) in [6, 6.07) is 19.4. The van der Waals surface area contributed by atoms with Gasteiger partial charge < -0.3 is 12.4 Å². The summed E-state index contributed by atoms with van der Waals surface area (Å²) < 4.78 is 2.20. The van der Waals surface area contributed by atoms with E-state index in [2.05, 4.69) is 78.3 Å². The van der Waals surface area contributed by atoms with Gasteiger partial charge in [-0.3, -0.25) is 0 Å². The van der Waals surface area contributed by atoms with Crippen LogP contribution in [0.4, 0.5) is 0 Å². The molecule has 0 aliphatic carbocycles. The fraction of sp³-hybridized carbons (Fsp3) is 0.0556. The highest BCUT2D eigenvalue weighted by atomic mass is 35.5. The molecule has 0 aliphatic heterocycles. The summed E-state index contributed by atoms with van der Waals surface area (Å²) in [5.74, 6) is 0. The molecule has 20 heavy (non-hydrogen) atoms. The van der Waals surface area contributed by atoms with Crippen molar-refractivity contribution >= 4 is 27.1 Å². The first-order chi connectivity index (χ1) is 9.34. The fourth-order valence-electron chi connectivity index (χ4n) is 2.98. The first kappa shape index (κ1) is 12.9. The lowest BCUT2D eigenvalue weighted by Crippen LogP contribution is -3.00. The van der Waals surface area contributed by atoms with E-state index in [-0.39, 0.29) is 12.4 Å². The van der Waals surface area contributed by atoms with Crippen LogP contribution in [-0.4, -0.2) is 0 Å². The molecule has 0 atom stereocenters. The number of halogens is 1. The average Bonchev–Trinajstić information content (AvgIpc) is 2.47. The summed E-state index contributed by atoms with van der Waals surface area (Å²) in [6.07, 6.45) is 4.32. The van der Waals surface area contributed by atoms with E-state index in [4.69, 9.17) is 0 Å². The maximum atomic E-state index is 2.21. The second-order valence-corrected chi connectivity index (χ2v) is 5.00. The Morgan fingerprint density at radius 1 is 0.800 bits per heavy atom. The van der Waals surface area contributed by atoms with Gasteiger partial charge >= 0.3 is 0 Å². The summed E-state index contributed by atoms with van der Waals surface area (Å²) in [5, 5.41) is 5.30. The molecular formula is C18H14ClN. The molecule has 0 fully saturated rings. The number of pyridine rings is 2. The quantitative estimate of drug-likeness (QED) is 0.257. The normalized spacial score (nSPS) is 10.8.